The van der Waals surface area contributed by atoms with Crippen LogP contribution in [0.25, 0.3) is 0 Å². The summed E-state index contributed by atoms with van der Waals surface area (Å²) in [5, 5.41) is 0. The van der Waals surface area contributed by atoms with E-state index in [0.29, 0.717) is 5.88 Å². The molecule has 10 heavy (non-hydrogen) atoms. The topological polar surface area (TPSA) is 17.1 Å². The number of alkyl halides is 1. The summed E-state index contributed by atoms with van der Waals surface area (Å²) in [5.74, 6) is 1.09. The van der Waals surface area contributed by atoms with Gasteiger partial charge in [-0.2, -0.15) is 0 Å². The number of rotatable bonds is 5. The van der Waals surface area contributed by atoms with Gasteiger partial charge in [-0.25, -0.2) is 0 Å². The maximum absolute atomic E-state index is 10.9. The van der Waals surface area contributed by atoms with Gasteiger partial charge < -0.3 is 0 Å². The van der Waals surface area contributed by atoms with Crippen molar-refractivity contribution in [2.45, 2.75) is 33.1 Å². The van der Waals surface area contributed by atoms with Crippen LogP contribution >= 0.6 is 11.6 Å². The summed E-state index contributed by atoms with van der Waals surface area (Å²) in [5.41, 5.74) is 0. The minimum atomic E-state index is 0.211. The molecule has 0 aromatic heterocycles. The number of hydrogen-bond acceptors (Lipinski definition) is 1. The molecule has 0 aromatic carbocycles. The van der Waals surface area contributed by atoms with Crippen LogP contribution in [0.4, 0.5) is 0 Å². The lowest BCUT2D eigenvalue weighted by Gasteiger charge is -2.08. The zero-order valence-corrected chi connectivity index (χ0v) is 7.45. The molecule has 60 valence electrons. The lowest BCUT2D eigenvalue weighted by molar-refractivity contribution is -0.121. The zero-order valence-electron chi connectivity index (χ0n) is 6.69. The van der Waals surface area contributed by atoms with Crippen molar-refractivity contribution >= 4 is 17.4 Å². The van der Waals surface area contributed by atoms with Gasteiger partial charge in [-0.1, -0.05) is 13.3 Å². The number of carbonyl (C=O) groups is 1. The molecule has 0 heterocycles. The van der Waals surface area contributed by atoms with Gasteiger partial charge in [0.2, 0.25) is 0 Å². The van der Waals surface area contributed by atoms with Gasteiger partial charge in [-0.15, -0.1) is 11.6 Å². The fourth-order valence-electron chi connectivity index (χ4n) is 1.03. The van der Waals surface area contributed by atoms with Crippen molar-refractivity contribution in [3.63, 3.8) is 0 Å². The number of halogens is 1. The van der Waals surface area contributed by atoms with Crippen LogP contribution in [0.3, 0.4) is 0 Å². The van der Waals surface area contributed by atoms with Crippen LogP contribution in [0.5, 0.6) is 0 Å². The van der Waals surface area contributed by atoms with Crippen molar-refractivity contribution in [3.8, 4) is 0 Å². The highest BCUT2D eigenvalue weighted by Gasteiger charge is 2.10. The Morgan fingerprint density at radius 3 is 2.40 bits per heavy atom. The summed E-state index contributed by atoms with van der Waals surface area (Å²) in [4.78, 5) is 10.9. The largest absolute Gasteiger partial charge is 0.300 e. The molecule has 1 nitrogen and oxygen atoms in total. The summed E-state index contributed by atoms with van der Waals surface area (Å²) in [6, 6.07) is 0. The Morgan fingerprint density at radius 2 is 2.10 bits per heavy atom. The molecule has 2 heteroatoms. The highest BCUT2D eigenvalue weighted by molar-refractivity contribution is 6.17. The SMILES string of the molecule is CCCC(CCCl)C(C)=O. The van der Waals surface area contributed by atoms with Gasteiger partial charge >= 0.3 is 0 Å². The smallest absolute Gasteiger partial charge is 0.132 e. The molecule has 0 saturated carbocycles. The minimum absolute atomic E-state index is 0.211. The van der Waals surface area contributed by atoms with Crippen molar-refractivity contribution < 1.29 is 4.79 Å². The van der Waals surface area contributed by atoms with Gasteiger partial charge in [0.15, 0.2) is 0 Å². The van der Waals surface area contributed by atoms with Crippen LogP contribution < -0.4 is 0 Å². The van der Waals surface area contributed by atoms with Crippen LogP contribution in [0.15, 0.2) is 0 Å². The Balaban J connectivity index is 3.61. The lowest BCUT2D eigenvalue weighted by Crippen LogP contribution is -2.10. The lowest BCUT2D eigenvalue weighted by atomic mass is 9.97. The standard InChI is InChI=1S/C8H15ClO/c1-3-4-8(5-6-9)7(2)10/h8H,3-6H2,1-2H3. The van der Waals surface area contributed by atoms with E-state index in [0.717, 1.165) is 19.3 Å². The van der Waals surface area contributed by atoms with E-state index in [2.05, 4.69) is 6.92 Å². The van der Waals surface area contributed by atoms with Crippen molar-refractivity contribution in [1.29, 1.82) is 0 Å². The first-order valence-corrected chi connectivity index (χ1v) is 4.32. The molecule has 0 N–H and O–H groups in total. The highest BCUT2D eigenvalue weighted by atomic mass is 35.5. The average molecular weight is 163 g/mol. The maximum Gasteiger partial charge on any atom is 0.132 e. The molecule has 1 unspecified atom stereocenters. The quantitative estimate of drug-likeness (QED) is 0.568. The Hall–Kier alpha value is -0.0400. The monoisotopic (exact) mass is 162 g/mol. The summed E-state index contributed by atoms with van der Waals surface area (Å²) >= 11 is 5.52. The molecular weight excluding hydrogens is 148 g/mol. The fraction of sp³-hybridized carbons (Fsp3) is 0.875. The Bertz CT molecular complexity index is 95.4. The van der Waals surface area contributed by atoms with Crippen LogP contribution in [-0.2, 0) is 4.79 Å². The Labute approximate surface area is 67.8 Å². The summed E-state index contributed by atoms with van der Waals surface area (Å²) in [6.45, 7) is 3.73. The normalized spacial score (nSPS) is 13.1. The van der Waals surface area contributed by atoms with Gasteiger partial charge in [-0.05, 0) is 19.8 Å². The summed E-state index contributed by atoms with van der Waals surface area (Å²) in [7, 11) is 0. The third-order valence-corrected chi connectivity index (χ3v) is 1.89. The van der Waals surface area contributed by atoms with E-state index in [1.807, 2.05) is 0 Å². The molecule has 0 radical (unpaired) electrons. The highest BCUT2D eigenvalue weighted by Crippen LogP contribution is 2.12. The van der Waals surface area contributed by atoms with E-state index in [4.69, 9.17) is 11.6 Å². The van der Waals surface area contributed by atoms with Crippen molar-refractivity contribution in [3.05, 3.63) is 0 Å². The average Bonchev–Trinajstić information content (AvgIpc) is 1.87. The first-order valence-electron chi connectivity index (χ1n) is 3.78. The van der Waals surface area contributed by atoms with E-state index in [1.165, 1.54) is 0 Å². The second-order valence-corrected chi connectivity index (χ2v) is 2.95. The third-order valence-electron chi connectivity index (χ3n) is 1.67. The molecule has 0 aliphatic heterocycles. The second-order valence-electron chi connectivity index (χ2n) is 2.57. The predicted octanol–water partition coefficient (Wildman–Crippen LogP) is 2.62. The van der Waals surface area contributed by atoms with Gasteiger partial charge in [0, 0.05) is 11.8 Å². The molecule has 0 fully saturated rings. The second kappa shape index (κ2) is 5.72. The maximum atomic E-state index is 10.9. The molecule has 0 saturated heterocycles. The molecule has 1 atom stereocenters. The molecule has 0 spiro atoms. The summed E-state index contributed by atoms with van der Waals surface area (Å²) < 4.78 is 0. The number of Topliss-reactive ketones (excluding diaryl/α,β-unsaturated/α-hetero) is 1. The van der Waals surface area contributed by atoms with Gasteiger partial charge in [0.1, 0.15) is 5.78 Å². The van der Waals surface area contributed by atoms with Crippen LogP contribution in [-0.4, -0.2) is 11.7 Å². The summed E-state index contributed by atoms with van der Waals surface area (Å²) in [6.07, 6.45) is 2.90. The number of ketones is 1. The number of hydrogen-bond donors (Lipinski definition) is 0. The molecule has 0 amide bonds. The van der Waals surface area contributed by atoms with E-state index < -0.39 is 0 Å². The van der Waals surface area contributed by atoms with E-state index in [-0.39, 0.29) is 11.7 Å². The fourth-order valence-corrected chi connectivity index (χ4v) is 1.29. The van der Waals surface area contributed by atoms with Gasteiger partial charge in [0.05, 0.1) is 0 Å². The van der Waals surface area contributed by atoms with E-state index in [9.17, 15) is 4.79 Å². The van der Waals surface area contributed by atoms with Crippen molar-refractivity contribution in [2.75, 3.05) is 5.88 Å². The Morgan fingerprint density at radius 1 is 1.50 bits per heavy atom. The van der Waals surface area contributed by atoms with E-state index >= 15 is 0 Å². The van der Waals surface area contributed by atoms with Crippen LogP contribution in [0, 0.1) is 5.92 Å². The minimum Gasteiger partial charge on any atom is -0.300 e. The zero-order chi connectivity index (χ0) is 7.98. The van der Waals surface area contributed by atoms with Gasteiger partial charge in [-0.3, -0.25) is 4.79 Å². The molecule has 0 rings (SSSR count). The predicted molar refractivity (Wildman–Crippen MR) is 44.4 cm³/mol. The molecule has 0 bridgehead atoms. The van der Waals surface area contributed by atoms with Crippen LogP contribution in [0.1, 0.15) is 33.1 Å². The first kappa shape index (κ1) is 9.96. The molecular formula is C8H15ClO. The van der Waals surface area contributed by atoms with Crippen molar-refractivity contribution in [2.24, 2.45) is 5.92 Å². The molecule has 0 aliphatic carbocycles. The third kappa shape index (κ3) is 3.89. The van der Waals surface area contributed by atoms with Gasteiger partial charge in [0.25, 0.3) is 0 Å². The van der Waals surface area contributed by atoms with Crippen molar-refractivity contribution in [1.82, 2.24) is 0 Å². The number of carbonyl (C=O) groups excluding carboxylic acids is 1. The van der Waals surface area contributed by atoms with Crippen LogP contribution in [0.2, 0.25) is 0 Å². The Kier molecular flexibility index (Phi) is 5.70. The first-order chi connectivity index (χ1) is 4.72. The molecule has 0 aliphatic rings. The molecule has 0 aromatic rings. The van der Waals surface area contributed by atoms with E-state index in [1.54, 1.807) is 6.92 Å².